The Morgan fingerprint density at radius 1 is 0.800 bits per heavy atom. The molecule has 3 rings (SSSR count). The lowest BCUT2D eigenvalue weighted by Gasteiger charge is -2.20. The third-order valence-electron chi connectivity index (χ3n) is 4.39. The van der Waals surface area contributed by atoms with Gasteiger partial charge in [-0.25, -0.2) is 0 Å². The predicted molar refractivity (Wildman–Crippen MR) is 97.9 cm³/mol. The van der Waals surface area contributed by atoms with E-state index in [1.54, 1.807) is 28.4 Å². The van der Waals surface area contributed by atoms with Crippen molar-refractivity contribution in [2.24, 2.45) is 4.99 Å². The zero-order chi connectivity index (χ0) is 17.8. The minimum Gasteiger partial charge on any atom is -0.497 e. The van der Waals surface area contributed by atoms with Crippen molar-refractivity contribution >= 4 is 5.71 Å². The van der Waals surface area contributed by atoms with E-state index >= 15 is 0 Å². The standard InChI is InChI=1S/C20H23NO4/c1-22-15-7-13(8-16(11-15)23-2)9-18-17-12-20(25-4)19(24-3)10-14(17)5-6-21-18/h7-8,10-12H,5-6,9H2,1-4H3. The van der Waals surface area contributed by atoms with Crippen LogP contribution in [0.4, 0.5) is 0 Å². The summed E-state index contributed by atoms with van der Waals surface area (Å²) in [4.78, 5) is 4.75. The zero-order valence-corrected chi connectivity index (χ0v) is 15.1. The van der Waals surface area contributed by atoms with Gasteiger partial charge in [0.2, 0.25) is 0 Å². The van der Waals surface area contributed by atoms with Gasteiger partial charge in [0.25, 0.3) is 0 Å². The molecule has 5 heteroatoms. The first-order valence-electron chi connectivity index (χ1n) is 8.19. The monoisotopic (exact) mass is 341 g/mol. The quantitative estimate of drug-likeness (QED) is 0.809. The molecule has 0 aromatic heterocycles. The number of benzene rings is 2. The summed E-state index contributed by atoms with van der Waals surface area (Å²) in [5, 5.41) is 0. The molecule has 0 amide bonds. The van der Waals surface area contributed by atoms with Crippen LogP contribution in [0.5, 0.6) is 23.0 Å². The van der Waals surface area contributed by atoms with Crippen LogP contribution in [0, 0.1) is 0 Å². The molecule has 132 valence electrons. The Morgan fingerprint density at radius 3 is 2.04 bits per heavy atom. The maximum Gasteiger partial charge on any atom is 0.161 e. The van der Waals surface area contributed by atoms with E-state index in [2.05, 4.69) is 6.07 Å². The molecule has 1 aliphatic rings. The van der Waals surface area contributed by atoms with Crippen LogP contribution in [-0.2, 0) is 12.8 Å². The number of rotatable bonds is 6. The molecule has 5 nitrogen and oxygen atoms in total. The SMILES string of the molecule is COc1cc(CC2=NCCc3cc(OC)c(OC)cc32)cc(OC)c1. The summed E-state index contributed by atoms with van der Waals surface area (Å²) >= 11 is 0. The Labute approximate surface area is 148 Å². The van der Waals surface area contributed by atoms with Crippen molar-refractivity contribution in [3.8, 4) is 23.0 Å². The highest BCUT2D eigenvalue weighted by molar-refractivity contribution is 6.04. The van der Waals surface area contributed by atoms with Crippen LogP contribution in [0.1, 0.15) is 16.7 Å². The van der Waals surface area contributed by atoms with E-state index < -0.39 is 0 Å². The highest BCUT2D eigenvalue weighted by Gasteiger charge is 2.19. The van der Waals surface area contributed by atoms with Gasteiger partial charge in [0.1, 0.15) is 11.5 Å². The van der Waals surface area contributed by atoms with E-state index in [0.717, 1.165) is 52.8 Å². The molecular formula is C20H23NO4. The van der Waals surface area contributed by atoms with Gasteiger partial charge in [0.15, 0.2) is 11.5 Å². The molecule has 0 radical (unpaired) electrons. The summed E-state index contributed by atoms with van der Waals surface area (Å²) in [6.07, 6.45) is 1.61. The Hall–Kier alpha value is -2.69. The molecule has 1 aliphatic heterocycles. The van der Waals surface area contributed by atoms with Gasteiger partial charge in [-0.05, 0) is 41.8 Å². The van der Waals surface area contributed by atoms with Gasteiger partial charge in [-0.1, -0.05) is 0 Å². The molecule has 0 fully saturated rings. The summed E-state index contributed by atoms with van der Waals surface area (Å²) in [6.45, 7) is 0.777. The van der Waals surface area contributed by atoms with Crippen LogP contribution in [-0.4, -0.2) is 40.7 Å². The molecule has 1 heterocycles. The van der Waals surface area contributed by atoms with Crippen LogP contribution in [0.15, 0.2) is 35.3 Å². The Morgan fingerprint density at radius 2 is 1.44 bits per heavy atom. The van der Waals surface area contributed by atoms with Crippen LogP contribution in [0.3, 0.4) is 0 Å². The van der Waals surface area contributed by atoms with Crippen molar-refractivity contribution in [3.63, 3.8) is 0 Å². The molecule has 0 spiro atoms. The fourth-order valence-electron chi connectivity index (χ4n) is 3.11. The number of methoxy groups -OCH3 is 4. The Kier molecular flexibility index (Phi) is 5.12. The van der Waals surface area contributed by atoms with Gasteiger partial charge in [0.05, 0.1) is 28.4 Å². The Bertz CT molecular complexity index is 776. The van der Waals surface area contributed by atoms with E-state index in [4.69, 9.17) is 23.9 Å². The van der Waals surface area contributed by atoms with Crippen molar-refractivity contribution in [1.82, 2.24) is 0 Å². The summed E-state index contributed by atoms with van der Waals surface area (Å²) in [5.74, 6) is 3.03. The van der Waals surface area contributed by atoms with E-state index in [9.17, 15) is 0 Å². The summed E-state index contributed by atoms with van der Waals surface area (Å²) < 4.78 is 21.6. The van der Waals surface area contributed by atoms with E-state index in [1.165, 1.54) is 5.56 Å². The van der Waals surface area contributed by atoms with E-state index in [1.807, 2.05) is 24.3 Å². The fraction of sp³-hybridized carbons (Fsp3) is 0.350. The summed E-state index contributed by atoms with van der Waals surface area (Å²) in [7, 11) is 6.62. The molecule has 0 saturated heterocycles. The number of hydrogen-bond acceptors (Lipinski definition) is 5. The first-order valence-corrected chi connectivity index (χ1v) is 8.19. The number of nitrogens with zero attached hydrogens (tertiary/aromatic N) is 1. The average Bonchev–Trinajstić information content (AvgIpc) is 2.66. The van der Waals surface area contributed by atoms with Gasteiger partial charge in [-0.15, -0.1) is 0 Å². The lowest BCUT2D eigenvalue weighted by atomic mass is 9.93. The molecule has 0 aliphatic carbocycles. The fourth-order valence-corrected chi connectivity index (χ4v) is 3.11. The molecule has 0 N–H and O–H groups in total. The van der Waals surface area contributed by atoms with Crippen molar-refractivity contribution in [1.29, 1.82) is 0 Å². The summed E-state index contributed by atoms with van der Waals surface area (Å²) in [5.41, 5.74) is 4.48. The van der Waals surface area contributed by atoms with Crippen molar-refractivity contribution in [2.45, 2.75) is 12.8 Å². The lowest BCUT2D eigenvalue weighted by Crippen LogP contribution is -2.16. The third kappa shape index (κ3) is 3.55. The van der Waals surface area contributed by atoms with Crippen LogP contribution in [0.2, 0.25) is 0 Å². The van der Waals surface area contributed by atoms with Gasteiger partial charge in [-0.2, -0.15) is 0 Å². The zero-order valence-electron chi connectivity index (χ0n) is 15.1. The molecular weight excluding hydrogens is 318 g/mol. The average molecular weight is 341 g/mol. The Balaban J connectivity index is 1.96. The van der Waals surface area contributed by atoms with Crippen LogP contribution in [0.25, 0.3) is 0 Å². The third-order valence-corrected chi connectivity index (χ3v) is 4.39. The second-order valence-corrected chi connectivity index (χ2v) is 5.84. The number of fused-ring (bicyclic) bond motifs is 1. The molecule has 0 bridgehead atoms. The van der Waals surface area contributed by atoms with Crippen molar-refractivity contribution in [2.75, 3.05) is 35.0 Å². The van der Waals surface area contributed by atoms with Gasteiger partial charge in [-0.3, -0.25) is 4.99 Å². The second-order valence-electron chi connectivity index (χ2n) is 5.84. The van der Waals surface area contributed by atoms with E-state index in [0.29, 0.717) is 6.42 Å². The second kappa shape index (κ2) is 7.47. The van der Waals surface area contributed by atoms with E-state index in [-0.39, 0.29) is 0 Å². The highest BCUT2D eigenvalue weighted by Crippen LogP contribution is 2.33. The molecule has 0 saturated carbocycles. The maximum absolute atomic E-state index is 5.45. The molecule has 25 heavy (non-hydrogen) atoms. The predicted octanol–water partition coefficient (Wildman–Crippen LogP) is 3.31. The normalized spacial score (nSPS) is 12.9. The smallest absolute Gasteiger partial charge is 0.161 e. The molecule has 2 aromatic rings. The van der Waals surface area contributed by atoms with Crippen LogP contribution < -0.4 is 18.9 Å². The number of aliphatic imine (C=N–C) groups is 1. The van der Waals surface area contributed by atoms with Crippen LogP contribution >= 0.6 is 0 Å². The van der Waals surface area contributed by atoms with Crippen molar-refractivity contribution < 1.29 is 18.9 Å². The number of ether oxygens (including phenoxy) is 4. The summed E-state index contributed by atoms with van der Waals surface area (Å²) in [6, 6.07) is 9.97. The highest BCUT2D eigenvalue weighted by atomic mass is 16.5. The topological polar surface area (TPSA) is 49.3 Å². The van der Waals surface area contributed by atoms with Gasteiger partial charge < -0.3 is 18.9 Å². The molecule has 0 atom stereocenters. The lowest BCUT2D eigenvalue weighted by molar-refractivity contribution is 0.354. The molecule has 0 unspecified atom stereocenters. The largest absolute Gasteiger partial charge is 0.497 e. The minimum absolute atomic E-state index is 0.704. The molecule has 2 aromatic carbocycles. The first kappa shape index (κ1) is 17.1. The number of hydrogen-bond donors (Lipinski definition) is 0. The first-order chi connectivity index (χ1) is 12.2. The van der Waals surface area contributed by atoms with Gasteiger partial charge >= 0.3 is 0 Å². The van der Waals surface area contributed by atoms with Gasteiger partial charge in [0, 0.05) is 30.3 Å². The minimum atomic E-state index is 0.704. The van der Waals surface area contributed by atoms with Crippen molar-refractivity contribution in [3.05, 3.63) is 47.0 Å². The maximum atomic E-state index is 5.45.